The standard InChI is InChI=1S/C18H31N5.HI/c1-5-19-17(23-12-10-18(13-23)8-6-9-18)20-11-7-16-14(2)21-22(4)15(16)3;/h5-13H2,1-4H3,(H,19,20);1H. The van der Waals surface area contributed by atoms with E-state index in [4.69, 9.17) is 4.99 Å². The van der Waals surface area contributed by atoms with E-state index in [1.165, 1.54) is 43.5 Å². The van der Waals surface area contributed by atoms with Crippen LogP contribution < -0.4 is 5.32 Å². The molecule has 0 radical (unpaired) electrons. The Bertz CT molecular complexity index is 588. The lowest BCUT2D eigenvalue weighted by Gasteiger charge is -2.38. The van der Waals surface area contributed by atoms with E-state index in [0.29, 0.717) is 5.41 Å². The van der Waals surface area contributed by atoms with Crippen molar-refractivity contribution >= 4 is 29.9 Å². The van der Waals surface area contributed by atoms with E-state index in [-0.39, 0.29) is 24.0 Å². The molecule has 1 aliphatic heterocycles. The molecule has 1 aromatic heterocycles. The van der Waals surface area contributed by atoms with Crippen LogP contribution in [-0.4, -0.2) is 46.8 Å². The van der Waals surface area contributed by atoms with Crippen LogP contribution >= 0.6 is 24.0 Å². The summed E-state index contributed by atoms with van der Waals surface area (Å²) in [6.07, 6.45) is 6.56. The van der Waals surface area contributed by atoms with Gasteiger partial charge >= 0.3 is 0 Å². The van der Waals surface area contributed by atoms with Gasteiger partial charge in [-0.2, -0.15) is 5.10 Å². The Balaban J connectivity index is 0.00000208. The monoisotopic (exact) mass is 445 g/mol. The number of nitrogens with zero attached hydrogens (tertiary/aromatic N) is 4. The van der Waals surface area contributed by atoms with Gasteiger partial charge in [0, 0.05) is 38.9 Å². The van der Waals surface area contributed by atoms with Crippen LogP contribution in [0.25, 0.3) is 0 Å². The van der Waals surface area contributed by atoms with Crippen LogP contribution in [0.2, 0.25) is 0 Å². The summed E-state index contributed by atoms with van der Waals surface area (Å²) in [5.41, 5.74) is 4.37. The maximum absolute atomic E-state index is 4.90. The molecule has 1 aliphatic carbocycles. The number of guanidine groups is 1. The topological polar surface area (TPSA) is 45.5 Å². The van der Waals surface area contributed by atoms with Crippen molar-refractivity contribution in [3.05, 3.63) is 17.0 Å². The fourth-order valence-electron chi connectivity index (χ4n) is 4.08. The molecule has 0 amide bonds. The summed E-state index contributed by atoms with van der Waals surface area (Å²) < 4.78 is 1.97. The summed E-state index contributed by atoms with van der Waals surface area (Å²) in [6, 6.07) is 0. The number of hydrogen-bond donors (Lipinski definition) is 1. The number of rotatable bonds is 4. The predicted octanol–water partition coefficient (Wildman–Crippen LogP) is 3.04. The minimum Gasteiger partial charge on any atom is -0.357 e. The van der Waals surface area contributed by atoms with Gasteiger partial charge in [0.2, 0.25) is 0 Å². The van der Waals surface area contributed by atoms with Crippen molar-refractivity contribution in [2.45, 2.75) is 52.9 Å². The van der Waals surface area contributed by atoms with Crippen molar-refractivity contribution in [1.29, 1.82) is 0 Å². The van der Waals surface area contributed by atoms with Crippen molar-refractivity contribution in [2.24, 2.45) is 17.5 Å². The van der Waals surface area contributed by atoms with E-state index in [2.05, 4.69) is 36.1 Å². The van der Waals surface area contributed by atoms with Gasteiger partial charge in [-0.05, 0) is 57.4 Å². The summed E-state index contributed by atoms with van der Waals surface area (Å²) in [5, 5.41) is 7.99. The van der Waals surface area contributed by atoms with Gasteiger partial charge in [-0.1, -0.05) is 6.42 Å². The number of aromatic nitrogens is 2. The second-order valence-corrected chi connectivity index (χ2v) is 7.28. The molecule has 0 bridgehead atoms. The highest BCUT2D eigenvalue weighted by molar-refractivity contribution is 14.0. The van der Waals surface area contributed by atoms with Gasteiger partial charge in [0.25, 0.3) is 0 Å². The van der Waals surface area contributed by atoms with Gasteiger partial charge < -0.3 is 10.2 Å². The molecule has 0 aromatic carbocycles. The number of nitrogens with one attached hydrogen (secondary N) is 1. The van der Waals surface area contributed by atoms with Crippen molar-refractivity contribution in [3.8, 4) is 0 Å². The van der Waals surface area contributed by atoms with Gasteiger partial charge in [0.05, 0.1) is 5.69 Å². The molecule has 1 spiro atoms. The molecule has 1 saturated carbocycles. The van der Waals surface area contributed by atoms with Gasteiger partial charge in [-0.3, -0.25) is 9.67 Å². The molecule has 1 aromatic rings. The third-order valence-electron chi connectivity index (χ3n) is 5.77. The molecule has 0 unspecified atom stereocenters. The van der Waals surface area contributed by atoms with Crippen LogP contribution in [0.15, 0.2) is 4.99 Å². The summed E-state index contributed by atoms with van der Waals surface area (Å²) in [7, 11) is 2.02. The highest BCUT2D eigenvalue weighted by Crippen LogP contribution is 2.47. The Kier molecular flexibility index (Phi) is 6.56. The first-order chi connectivity index (χ1) is 11.0. The maximum atomic E-state index is 4.90. The molecule has 24 heavy (non-hydrogen) atoms. The molecule has 1 saturated heterocycles. The third kappa shape index (κ3) is 3.89. The molecule has 136 valence electrons. The van der Waals surface area contributed by atoms with Crippen LogP contribution in [0.1, 0.15) is 49.6 Å². The molecule has 2 fully saturated rings. The zero-order valence-electron chi connectivity index (χ0n) is 15.6. The summed E-state index contributed by atoms with van der Waals surface area (Å²) in [5.74, 6) is 1.11. The van der Waals surface area contributed by atoms with E-state index < -0.39 is 0 Å². The number of hydrogen-bond acceptors (Lipinski definition) is 2. The van der Waals surface area contributed by atoms with Crippen molar-refractivity contribution in [3.63, 3.8) is 0 Å². The number of likely N-dealkylation sites (tertiary alicyclic amines) is 1. The molecule has 2 aliphatic rings. The van der Waals surface area contributed by atoms with Gasteiger partial charge in [0.1, 0.15) is 0 Å². The van der Waals surface area contributed by atoms with Crippen LogP contribution in [-0.2, 0) is 13.5 Å². The number of aryl methyl sites for hydroxylation is 2. The Hall–Kier alpha value is -0.790. The Morgan fingerprint density at radius 2 is 2.04 bits per heavy atom. The number of halogens is 1. The molecular weight excluding hydrogens is 413 g/mol. The molecule has 3 rings (SSSR count). The average Bonchev–Trinajstić information content (AvgIpc) is 3.03. The fraction of sp³-hybridized carbons (Fsp3) is 0.778. The number of aliphatic imine (C=N–C) groups is 1. The van der Waals surface area contributed by atoms with Gasteiger partial charge in [-0.25, -0.2) is 0 Å². The minimum atomic E-state index is 0. The zero-order chi connectivity index (χ0) is 16.4. The lowest BCUT2D eigenvalue weighted by Crippen LogP contribution is -2.42. The van der Waals surface area contributed by atoms with E-state index in [9.17, 15) is 0 Å². The third-order valence-corrected chi connectivity index (χ3v) is 5.77. The fourth-order valence-corrected chi connectivity index (χ4v) is 4.08. The van der Waals surface area contributed by atoms with Gasteiger partial charge in [0.15, 0.2) is 5.96 Å². The van der Waals surface area contributed by atoms with E-state index in [1.807, 2.05) is 11.7 Å². The van der Waals surface area contributed by atoms with Crippen LogP contribution in [0, 0.1) is 19.3 Å². The lowest BCUT2D eigenvalue weighted by atomic mass is 9.68. The van der Waals surface area contributed by atoms with E-state index in [1.54, 1.807) is 0 Å². The Labute approximate surface area is 163 Å². The molecule has 1 N–H and O–H groups in total. The maximum Gasteiger partial charge on any atom is 0.193 e. The average molecular weight is 445 g/mol. The lowest BCUT2D eigenvalue weighted by molar-refractivity contribution is 0.151. The predicted molar refractivity (Wildman–Crippen MR) is 110 cm³/mol. The Morgan fingerprint density at radius 3 is 2.54 bits per heavy atom. The van der Waals surface area contributed by atoms with Crippen molar-refractivity contribution < 1.29 is 0 Å². The highest BCUT2D eigenvalue weighted by atomic mass is 127. The van der Waals surface area contributed by atoms with Gasteiger partial charge in [-0.15, -0.1) is 24.0 Å². The van der Waals surface area contributed by atoms with Crippen LogP contribution in [0.5, 0.6) is 0 Å². The first-order valence-corrected chi connectivity index (χ1v) is 9.07. The summed E-state index contributed by atoms with van der Waals surface area (Å²) in [6.45, 7) is 10.5. The second-order valence-electron chi connectivity index (χ2n) is 7.28. The first kappa shape index (κ1) is 19.5. The van der Waals surface area contributed by atoms with E-state index >= 15 is 0 Å². The van der Waals surface area contributed by atoms with Crippen LogP contribution in [0.4, 0.5) is 0 Å². The zero-order valence-corrected chi connectivity index (χ0v) is 17.9. The molecule has 5 nitrogen and oxygen atoms in total. The Morgan fingerprint density at radius 1 is 1.29 bits per heavy atom. The van der Waals surface area contributed by atoms with Crippen molar-refractivity contribution in [1.82, 2.24) is 20.0 Å². The highest BCUT2D eigenvalue weighted by Gasteiger charge is 2.43. The first-order valence-electron chi connectivity index (χ1n) is 9.07. The molecule has 6 heteroatoms. The SMILES string of the molecule is CCNC(=NCCc1c(C)nn(C)c1C)N1CCC2(CCC2)C1.I. The summed E-state index contributed by atoms with van der Waals surface area (Å²) >= 11 is 0. The molecule has 0 atom stereocenters. The smallest absolute Gasteiger partial charge is 0.193 e. The normalized spacial score (nSPS) is 19.3. The summed E-state index contributed by atoms with van der Waals surface area (Å²) in [4.78, 5) is 7.38. The quantitative estimate of drug-likeness (QED) is 0.440. The van der Waals surface area contributed by atoms with E-state index in [0.717, 1.165) is 37.7 Å². The minimum absolute atomic E-state index is 0. The van der Waals surface area contributed by atoms with Crippen molar-refractivity contribution in [2.75, 3.05) is 26.2 Å². The molecular formula is C18H32IN5. The second kappa shape index (κ2) is 8.06. The largest absolute Gasteiger partial charge is 0.357 e. The van der Waals surface area contributed by atoms with Crippen LogP contribution in [0.3, 0.4) is 0 Å². The molecule has 2 heterocycles.